The number of likely N-dealkylation sites (tertiary alicyclic amines) is 1. The molecule has 222 valence electrons. The number of piperidine rings is 1. The third-order valence-corrected chi connectivity index (χ3v) is 6.60. The van der Waals surface area contributed by atoms with E-state index >= 15 is 0 Å². The molecule has 2 saturated heterocycles. The molecule has 0 aliphatic carbocycles. The van der Waals surface area contributed by atoms with Gasteiger partial charge in [0.05, 0.1) is 13.2 Å². The van der Waals surface area contributed by atoms with Crippen molar-refractivity contribution >= 4 is 29.4 Å². The second kappa shape index (κ2) is 13.0. The van der Waals surface area contributed by atoms with Crippen molar-refractivity contribution in [3.8, 4) is 17.4 Å². The molecule has 13 nitrogen and oxygen atoms in total. The minimum absolute atomic E-state index is 0.151. The van der Waals surface area contributed by atoms with E-state index in [1.807, 2.05) is 37.8 Å². The van der Waals surface area contributed by atoms with E-state index in [9.17, 15) is 9.59 Å². The normalized spacial score (nSPS) is 16.1. The van der Waals surface area contributed by atoms with Gasteiger partial charge in [-0.15, -0.1) is 0 Å². The molecule has 5 rings (SSSR count). The summed E-state index contributed by atoms with van der Waals surface area (Å²) in [5.74, 6) is 0.976. The lowest BCUT2D eigenvalue weighted by atomic mass is 10.1. The average molecular weight is 577 g/mol. The third kappa shape index (κ3) is 8.03. The van der Waals surface area contributed by atoms with Crippen LogP contribution in [0.5, 0.6) is 6.01 Å². The molecule has 42 heavy (non-hydrogen) atoms. The Balaban J connectivity index is 1.27. The zero-order chi connectivity index (χ0) is 29.5. The van der Waals surface area contributed by atoms with Crippen LogP contribution in [0.4, 0.5) is 26.9 Å². The summed E-state index contributed by atoms with van der Waals surface area (Å²) in [7, 11) is 0. The van der Waals surface area contributed by atoms with E-state index in [0.29, 0.717) is 75.4 Å². The van der Waals surface area contributed by atoms with Crippen LogP contribution in [0.25, 0.3) is 11.4 Å². The number of hydrogen-bond acceptors (Lipinski definition) is 10. The van der Waals surface area contributed by atoms with Crippen LogP contribution in [0, 0.1) is 0 Å². The van der Waals surface area contributed by atoms with Crippen LogP contribution in [0.15, 0.2) is 48.8 Å². The van der Waals surface area contributed by atoms with Gasteiger partial charge in [0, 0.05) is 68.4 Å². The lowest BCUT2D eigenvalue weighted by molar-refractivity contribution is 0.0119. The van der Waals surface area contributed by atoms with Gasteiger partial charge in [0.25, 0.3) is 0 Å². The molecule has 3 aromatic rings. The number of amides is 3. The highest BCUT2D eigenvalue weighted by Crippen LogP contribution is 2.25. The van der Waals surface area contributed by atoms with Gasteiger partial charge in [0.15, 0.2) is 5.82 Å². The van der Waals surface area contributed by atoms with Crippen molar-refractivity contribution < 1.29 is 23.8 Å². The summed E-state index contributed by atoms with van der Waals surface area (Å²) in [6.45, 7) is 9.11. The summed E-state index contributed by atoms with van der Waals surface area (Å²) in [6.07, 6.45) is 4.02. The Hall–Kier alpha value is -4.52. The Labute approximate surface area is 244 Å². The van der Waals surface area contributed by atoms with Crippen molar-refractivity contribution in [3.63, 3.8) is 0 Å². The smallest absolute Gasteiger partial charge is 0.410 e. The summed E-state index contributed by atoms with van der Waals surface area (Å²) in [4.78, 5) is 46.5. The molecule has 0 saturated carbocycles. The lowest BCUT2D eigenvalue weighted by Crippen LogP contribution is -2.44. The Morgan fingerprint density at radius 1 is 0.881 bits per heavy atom. The molecular weight excluding hydrogens is 540 g/mol. The molecule has 0 unspecified atom stereocenters. The molecule has 2 aromatic heterocycles. The van der Waals surface area contributed by atoms with Gasteiger partial charge in [-0.2, -0.15) is 15.0 Å². The zero-order valence-electron chi connectivity index (χ0n) is 24.1. The van der Waals surface area contributed by atoms with Crippen LogP contribution in [0.3, 0.4) is 0 Å². The van der Waals surface area contributed by atoms with Crippen molar-refractivity contribution in [1.82, 2.24) is 24.8 Å². The maximum Gasteiger partial charge on any atom is 0.410 e. The molecule has 2 aliphatic heterocycles. The maximum atomic E-state index is 12.5. The molecular formula is C29H36N8O5. The fourth-order valence-corrected chi connectivity index (χ4v) is 4.50. The minimum Gasteiger partial charge on any atom is -0.460 e. The molecule has 0 radical (unpaired) electrons. The lowest BCUT2D eigenvalue weighted by Gasteiger charge is -2.33. The van der Waals surface area contributed by atoms with Crippen molar-refractivity contribution in [1.29, 1.82) is 0 Å². The van der Waals surface area contributed by atoms with Crippen LogP contribution in [0.2, 0.25) is 0 Å². The molecule has 13 heteroatoms. The van der Waals surface area contributed by atoms with Gasteiger partial charge in [0.1, 0.15) is 11.7 Å². The molecule has 3 amide bonds. The standard InChI is InChI=1S/C29H36N8O5/c1-29(2,3)42-28(39)37-14-10-23(11-15-37)41-27-34-24(33-25(35-27)36-16-18-40-19-17-36)20-4-6-21(7-5-20)31-26(38)32-22-8-12-30-13-9-22/h4-9,12-13,23H,10-11,14-19H2,1-3H3,(H2,30,31,32,38). The van der Waals surface area contributed by atoms with Gasteiger partial charge in [-0.3, -0.25) is 4.98 Å². The Morgan fingerprint density at radius 3 is 2.17 bits per heavy atom. The highest BCUT2D eigenvalue weighted by molar-refractivity contribution is 5.99. The average Bonchev–Trinajstić information content (AvgIpc) is 2.98. The van der Waals surface area contributed by atoms with E-state index in [4.69, 9.17) is 19.2 Å². The van der Waals surface area contributed by atoms with Crippen molar-refractivity contribution in [2.24, 2.45) is 0 Å². The number of urea groups is 1. The van der Waals surface area contributed by atoms with Crippen molar-refractivity contribution in [2.45, 2.75) is 45.3 Å². The van der Waals surface area contributed by atoms with E-state index in [2.05, 4.69) is 25.6 Å². The molecule has 2 fully saturated rings. The first kappa shape index (κ1) is 29.0. The first-order valence-corrected chi connectivity index (χ1v) is 14.0. The van der Waals surface area contributed by atoms with Crippen LogP contribution in [0.1, 0.15) is 33.6 Å². The highest BCUT2D eigenvalue weighted by atomic mass is 16.6. The number of hydrogen-bond donors (Lipinski definition) is 2. The third-order valence-electron chi connectivity index (χ3n) is 6.60. The van der Waals surface area contributed by atoms with Gasteiger partial charge in [-0.05, 0) is 57.2 Å². The number of carbonyl (C=O) groups is 2. The van der Waals surface area contributed by atoms with Crippen LogP contribution in [-0.4, -0.2) is 88.1 Å². The number of nitrogens with one attached hydrogen (secondary N) is 2. The molecule has 2 aliphatic rings. The van der Waals surface area contributed by atoms with E-state index in [1.165, 1.54) is 0 Å². The topological polar surface area (TPSA) is 144 Å². The Kier molecular flexibility index (Phi) is 8.96. The number of ether oxygens (including phenoxy) is 3. The molecule has 1 aromatic carbocycles. The summed E-state index contributed by atoms with van der Waals surface area (Å²) in [5.41, 5.74) is 1.46. The van der Waals surface area contributed by atoms with E-state index < -0.39 is 5.60 Å². The number of benzene rings is 1. The SMILES string of the molecule is CC(C)(C)OC(=O)N1CCC(Oc2nc(-c3ccc(NC(=O)Nc4ccncc4)cc3)nc(N3CCOCC3)n2)CC1. The van der Waals surface area contributed by atoms with Crippen LogP contribution >= 0.6 is 0 Å². The summed E-state index contributed by atoms with van der Waals surface area (Å²) in [6, 6.07) is 10.5. The Bertz CT molecular complexity index is 1350. The number of pyridine rings is 1. The molecule has 2 N–H and O–H groups in total. The number of anilines is 3. The number of morpholine rings is 1. The predicted molar refractivity (Wildman–Crippen MR) is 157 cm³/mol. The predicted octanol–water partition coefficient (Wildman–Crippen LogP) is 4.19. The van der Waals surface area contributed by atoms with Gasteiger partial charge < -0.3 is 34.6 Å². The van der Waals surface area contributed by atoms with Gasteiger partial charge in [-0.25, -0.2) is 9.59 Å². The van der Waals surface area contributed by atoms with Crippen molar-refractivity contribution in [2.75, 3.05) is 54.9 Å². The Morgan fingerprint density at radius 2 is 1.52 bits per heavy atom. The molecule has 0 spiro atoms. The van der Waals surface area contributed by atoms with Crippen molar-refractivity contribution in [3.05, 3.63) is 48.8 Å². The minimum atomic E-state index is -0.539. The summed E-state index contributed by atoms with van der Waals surface area (Å²) < 4.78 is 17.2. The first-order valence-electron chi connectivity index (χ1n) is 14.0. The second-order valence-corrected chi connectivity index (χ2v) is 11.0. The highest BCUT2D eigenvalue weighted by Gasteiger charge is 2.28. The molecule has 4 heterocycles. The summed E-state index contributed by atoms with van der Waals surface area (Å²) in [5, 5.41) is 5.58. The monoisotopic (exact) mass is 576 g/mol. The van der Waals surface area contributed by atoms with Gasteiger partial charge in [-0.1, -0.05) is 0 Å². The van der Waals surface area contributed by atoms with Crippen LogP contribution in [-0.2, 0) is 9.47 Å². The molecule has 0 bridgehead atoms. The number of aromatic nitrogens is 4. The van der Waals surface area contributed by atoms with Gasteiger partial charge in [0.2, 0.25) is 5.95 Å². The summed E-state index contributed by atoms with van der Waals surface area (Å²) >= 11 is 0. The molecule has 0 atom stereocenters. The van der Waals surface area contributed by atoms with Crippen LogP contribution < -0.4 is 20.3 Å². The first-order chi connectivity index (χ1) is 20.2. The quantitative estimate of drug-likeness (QED) is 0.438. The zero-order valence-corrected chi connectivity index (χ0v) is 24.1. The largest absolute Gasteiger partial charge is 0.460 e. The fourth-order valence-electron chi connectivity index (χ4n) is 4.50. The number of rotatable bonds is 6. The number of nitrogens with zero attached hydrogens (tertiary/aromatic N) is 6. The number of carbonyl (C=O) groups excluding carboxylic acids is 2. The van der Waals surface area contributed by atoms with E-state index in [1.54, 1.807) is 41.6 Å². The van der Waals surface area contributed by atoms with E-state index in [-0.39, 0.29) is 24.2 Å². The van der Waals surface area contributed by atoms with E-state index in [0.717, 1.165) is 5.56 Å². The van der Waals surface area contributed by atoms with Gasteiger partial charge >= 0.3 is 18.1 Å². The fraction of sp³-hybridized carbons (Fsp3) is 0.448. The maximum absolute atomic E-state index is 12.5. The second-order valence-electron chi connectivity index (χ2n) is 11.0.